The zero-order valence-corrected chi connectivity index (χ0v) is 11.9. The fourth-order valence-corrected chi connectivity index (χ4v) is 2.68. The van der Waals surface area contributed by atoms with E-state index in [4.69, 9.17) is 5.11 Å². The first-order chi connectivity index (χ1) is 9.78. The summed E-state index contributed by atoms with van der Waals surface area (Å²) in [6.45, 7) is 2.77. The van der Waals surface area contributed by atoms with Gasteiger partial charge in [-0.3, -0.25) is 4.90 Å². The quantitative estimate of drug-likeness (QED) is 0.839. The Hall–Kier alpha value is -1.37. The number of halogens is 1. The van der Waals surface area contributed by atoms with Gasteiger partial charge in [0.15, 0.2) is 0 Å². The normalized spacial score (nSPS) is 16.9. The third-order valence-electron chi connectivity index (χ3n) is 3.62. The van der Waals surface area contributed by atoms with Crippen molar-refractivity contribution in [2.45, 2.75) is 38.6 Å². The largest absolute Gasteiger partial charge is 0.384 e. The summed E-state index contributed by atoms with van der Waals surface area (Å²) in [7, 11) is 0. The molecule has 1 fully saturated rings. The summed E-state index contributed by atoms with van der Waals surface area (Å²) in [5.74, 6) is 5.09. The topological polar surface area (TPSA) is 23.5 Å². The van der Waals surface area contributed by atoms with Gasteiger partial charge >= 0.3 is 0 Å². The van der Waals surface area contributed by atoms with Gasteiger partial charge in [-0.05, 0) is 49.7 Å². The molecule has 0 bridgehead atoms. The Balaban J connectivity index is 2.05. The SMILES string of the molecule is OCC#Cc1cc(F)cc(CN2CCCCCCC2)c1. The lowest BCUT2D eigenvalue weighted by atomic mass is 10.1. The van der Waals surface area contributed by atoms with Crippen molar-refractivity contribution >= 4 is 0 Å². The predicted molar refractivity (Wildman–Crippen MR) is 78.7 cm³/mol. The van der Waals surface area contributed by atoms with Gasteiger partial charge in [0.2, 0.25) is 0 Å². The first-order valence-corrected chi connectivity index (χ1v) is 7.39. The third-order valence-corrected chi connectivity index (χ3v) is 3.62. The summed E-state index contributed by atoms with van der Waals surface area (Å²) in [5.41, 5.74) is 1.61. The molecule has 0 unspecified atom stereocenters. The molecule has 2 rings (SSSR count). The van der Waals surface area contributed by atoms with Crippen LogP contribution in [0.25, 0.3) is 0 Å². The zero-order chi connectivity index (χ0) is 14.2. The molecule has 108 valence electrons. The van der Waals surface area contributed by atoms with E-state index in [1.807, 2.05) is 6.07 Å². The Bertz CT molecular complexity index is 481. The van der Waals surface area contributed by atoms with E-state index in [-0.39, 0.29) is 12.4 Å². The highest BCUT2D eigenvalue weighted by Crippen LogP contribution is 2.15. The van der Waals surface area contributed by atoms with Crippen LogP contribution in [0.5, 0.6) is 0 Å². The molecule has 0 aromatic heterocycles. The number of hydrogen-bond donors (Lipinski definition) is 1. The summed E-state index contributed by atoms with van der Waals surface area (Å²) in [6, 6.07) is 4.92. The summed E-state index contributed by atoms with van der Waals surface area (Å²) in [4.78, 5) is 2.40. The van der Waals surface area contributed by atoms with Gasteiger partial charge in [0, 0.05) is 12.1 Å². The second-order valence-electron chi connectivity index (χ2n) is 5.35. The maximum Gasteiger partial charge on any atom is 0.124 e. The van der Waals surface area contributed by atoms with Crippen molar-refractivity contribution in [3.63, 3.8) is 0 Å². The van der Waals surface area contributed by atoms with Crippen molar-refractivity contribution in [1.82, 2.24) is 4.90 Å². The third kappa shape index (κ3) is 4.96. The molecule has 1 aliphatic heterocycles. The van der Waals surface area contributed by atoms with Gasteiger partial charge < -0.3 is 5.11 Å². The average molecular weight is 275 g/mol. The summed E-state index contributed by atoms with van der Waals surface area (Å²) >= 11 is 0. The van der Waals surface area contributed by atoms with Gasteiger partial charge in [-0.2, -0.15) is 0 Å². The molecule has 1 saturated heterocycles. The molecule has 0 saturated carbocycles. The van der Waals surface area contributed by atoms with Crippen LogP contribution in [0.15, 0.2) is 18.2 Å². The Morgan fingerprint density at radius 1 is 1.05 bits per heavy atom. The molecule has 1 heterocycles. The Morgan fingerprint density at radius 2 is 1.75 bits per heavy atom. The van der Waals surface area contributed by atoms with Crippen LogP contribution < -0.4 is 0 Å². The van der Waals surface area contributed by atoms with Crippen LogP contribution >= 0.6 is 0 Å². The fourth-order valence-electron chi connectivity index (χ4n) is 2.68. The number of benzene rings is 1. The summed E-state index contributed by atoms with van der Waals surface area (Å²) < 4.78 is 13.6. The van der Waals surface area contributed by atoms with Crippen LogP contribution in [0, 0.1) is 17.7 Å². The molecule has 0 aliphatic carbocycles. The Kier molecular flexibility index (Phi) is 6.04. The molecule has 0 amide bonds. The second kappa shape index (κ2) is 8.04. The van der Waals surface area contributed by atoms with Crippen molar-refractivity contribution in [3.8, 4) is 11.8 Å². The minimum atomic E-state index is -0.253. The highest BCUT2D eigenvalue weighted by Gasteiger charge is 2.09. The van der Waals surface area contributed by atoms with Crippen LogP contribution in [0.2, 0.25) is 0 Å². The monoisotopic (exact) mass is 275 g/mol. The summed E-state index contributed by atoms with van der Waals surface area (Å²) in [6.07, 6.45) is 6.40. The number of nitrogens with zero attached hydrogens (tertiary/aromatic N) is 1. The minimum absolute atomic E-state index is 0.196. The molecule has 2 nitrogen and oxygen atoms in total. The van der Waals surface area contributed by atoms with Crippen molar-refractivity contribution < 1.29 is 9.50 Å². The number of aliphatic hydroxyl groups excluding tert-OH is 1. The van der Waals surface area contributed by atoms with Crippen LogP contribution in [-0.4, -0.2) is 29.7 Å². The summed E-state index contributed by atoms with van der Waals surface area (Å²) in [5, 5.41) is 8.71. The van der Waals surface area contributed by atoms with Crippen molar-refractivity contribution in [2.24, 2.45) is 0 Å². The maximum atomic E-state index is 13.6. The van der Waals surface area contributed by atoms with Crippen LogP contribution in [0.4, 0.5) is 4.39 Å². The van der Waals surface area contributed by atoms with E-state index in [0.29, 0.717) is 5.56 Å². The van der Waals surface area contributed by atoms with Crippen molar-refractivity contribution in [2.75, 3.05) is 19.7 Å². The van der Waals surface area contributed by atoms with Gasteiger partial charge in [0.25, 0.3) is 0 Å². The highest BCUT2D eigenvalue weighted by molar-refractivity contribution is 5.37. The lowest BCUT2D eigenvalue weighted by Gasteiger charge is -2.24. The molecule has 1 aliphatic rings. The van der Waals surface area contributed by atoms with Gasteiger partial charge in [0.05, 0.1) is 0 Å². The number of hydrogen-bond acceptors (Lipinski definition) is 2. The van der Waals surface area contributed by atoms with Gasteiger partial charge in [-0.15, -0.1) is 0 Å². The predicted octanol–water partition coefficient (Wildman–Crippen LogP) is 2.94. The molecule has 20 heavy (non-hydrogen) atoms. The lowest BCUT2D eigenvalue weighted by molar-refractivity contribution is 0.239. The van der Waals surface area contributed by atoms with Crippen LogP contribution in [-0.2, 0) is 6.54 Å². The van der Waals surface area contributed by atoms with Gasteiger partial charge in [0.1, 0.15) is 12.4 Å². The standard InChI is InChI=1S/C17H22FNO/c18-17-12-15(7-6-10-20)11-16(13-17)14-19-8-4-2-1-3-5-9-19/h11-13,20H,1-5,8-10,14H2. The second-order valence-corrected chi connectivity index (χ2v) is 5.35. The van der Waals surface area contributed by atoms with E-state index >= 15 is 0 Å². The van der Waals surface area contributed by atoms with Gasteiger partial charge in [-0.25, -0.2) is 4.39 Å². The lowest BCUT2D eigenvalue weighted by Crippen LogP contribution is -2.26. The molecule has 1 aromatic rings. The van der Waals surface area contributed by atoms with E-state index in [2.05, 4.69) is 16.7 Å². The number of likely N-dealkylation sites (tertiary alicyclic amines) is 1. The molecule has 1 N–H and O–H groups in total. The number of aliphatic hydroxyl groups is 1. The average Bonchev–Trinajstić information content (AvgIpc) is 2.39. The van der Waals surface area contributed by atoms with E-state index < -0.39 is 0 Å². The zero-order valence-electron chi connectivity index (χ0n) is 11.9. The molecule has 3 heteroatoms. The first-order valence-electron chi connectivity index (χ1n) is 7.39. The maximum absolute atomic E-state index is 13.6. The van der Waals surface area contributed by atoms with Crippen molar-refractivity contribution in [3.05, 3.63) is 35.1 Å². The number of rotatable bonds is 2. The molecule has 0 radical (unpaired) electrons. The van der Waals surface area contributed by atoms with E-state index in [9.17, 15) is 4.39 Å². The highest BCUT2D eigenvalue weighted by atomic mass is 19.1. The smallest absolute Gasteiger partial charge is 0.124 e. The molecule has 0 spiro atoms. The van der Waals surface area contributed by atoms with E-state index in [0.717, 1.165) is 25.2 Å². The van der Waals surface area contributed by atoms with E-state index in [1.165, 1.54) is 38.2 Å². The molecular formula is C17H22FNO. The van der Waals surface area contributed by atoms with Crippen LogP contribution in [0.1, 0.15) is 43.2 Å². The van der Waals surface area contributed by atoms with E-state index in [1.54, 1.807) is 6.07 Å². The van der Waals surface area contributed by atoms with Crippen molar-refractivity contribution in [1.29, 1.82) is 0 Å². The molecule has 1 aromatic carbocycles. The first kappa shape index (κ1) is 15.0. The fraction of sp³-hybridized carbons (Fsp3) is 0.529. The molecule has 0 atom stereocenters. The Morgan fingerprint density at radius 3 is 2.45 bits per heavy atom. The minimum Gasteiger partial charge on any atom is -0.384 e. The molecular weight excluding hydrogens is 253 g/mol. The Labute approximate surface area is 120 Å². The van der Waals surface area contributed by atoms with Gasteiger partial charge in [-0.1, -0.05) is 31.1 Å². The van der Waals surface area contributed by atoms with Crippen LogP contribution in [0.3, 0.4) is 0 Å².